The lowest BCUT2D eigenvalue weighted by Gasteiger charge is -2.25. The number of nitrogens with one attached hydrogen (secondary N) is 1. The number of methoxy groups -OCH3 is 1. The summed E-state index contributed by atoms with van der Waals surface area (Å²) in [4.78, 5) is 12.2. The number of thioether (sulfide) groups is 1. The molecule has 1 aromatic carbocycles. The molecule has 1 atom stereocenters. The first-order chi connectivity index (χ1) is 13.6. The minimum absolute atomic E-state index is 0.0449. The fraction of sp³-hybridized carbons (Fsp3) is 0.571. The summed E-state index contributed by atoms with van der Waals surface area (Å²) >= 11 is 1.48. The third kappa shape index (κ3) is 5.07. The van der Waals surface area contributed by atoms with Crippen molar-refractivity contribution in [3.63, 3.8) is 0 Å². The largest absolute Gasteiger partial charge is 0.497 e. The van der Waals surface area contributed by atoms with Crippen LogP contribution in [0.3, 0.4) is 0 Å². The fourth-order valence-electron chi connectivity index (χ4n) is 3.53. The van der Waals surface area contributed by atoms with Crippen LogP contribution in [-0.2, 0) is 4.79 Å². The highest BCUT2D eigenvalue weighted by Gasteiger charge is 2.24. The summed E-state index contributed by atoms with van der Waals surface area (Å²) in [7, 11) is 1.67. The molecule has 1 fully saturated rings. The van der Waals surface area contributed by atoms with Gasteiger partial charge in [0.15, 0.2) is 11.0 Å². The van der Waals surface area contributed by atoms with Crippen LogP contribution in [0.2, 0.25) is 0 Å². The van der Waals surface area contributed by atoms with Crippen LogP contribution in [0.15, 0.2) is 29.4 Å². The fourth-order valence-corrected chi connectivity index (χ4v) is 4.35. The lowest BCUT2D eigenvalue weighted by Crippen LogP contribution is -2.33. The Balaban J connectivity index is 1.83. The molecule has 3 rings (SSSR count). The minimum Gasteiger partial charge on any atom is -0.497 e. The molecule has 1 saturated carbocycles. The number of aromatic nitrogens is 3. The van der Waals surface area contributed by atoms with Gasteiger partial charge in [0.1, 0.15) is 5.75 Å². The van der Waals surface area contributed by atoms with Crippen molar-refractivity contribution in [3.05, 3.63) is 24.3 Å². The molecule has 1 aliphatic carbocycles. The van der Waals surface area contributed by atoms with Gasteiger partial charge in [-0.2, -0.15) is 0 Å². The van der Waals surface area contributed by atoms with Crippen molar-refractivity contribution >= 4 is 17.7 Å². The number of amides is 1. The third-order valence-corrected chi connectivity index (χ3v) is 6.25. The molecule has 0 radical (unpaired) electrons. The van der Waals surface area contributed by atoms with Gasteiger partial charge < -0.3 is 10.1 Å². The zero-order valence-electron chi connectivity index (χ0n) is 17.0. The van der Waals surface area contributed by atoms with Crippen molar-refractivity contribution in [1.29, 1.82) is 0 Å². The van der Waals surface area contributed by atoms with Gasteiger partial charge >= 0.3 is 0 Å². The summed E-state index contributed by atoms with van der Waals surface area (Å²) in [5.41, 5.74) is 1.02. The van der Waals surface area contributed by atoms with Crippen molar-refractivity contribution < 1.29 is 9.53 Å². The Morgan fingerprint density at radius 2 is 1.96 bits per heavy atom. The van der Waals surface area contributed by atoms with Crippen LogP contribution in [0.25, 0.3) is 11.4 Å². The van der Waals surface area contributed by atoms with Gasteiger partial charge in [0, 0.05) is 17.6 Å². The average Bonchev–Trinajstić information content (AvgIpc) is 3.16. The van der Waals surface area contributed by atoms with Crippen molar-refractivity contribution in [2.45, 2.75) is 69.6 Å². The Hall–Kier alpha value is -2.02. The zero-order chi connectivity index (χ0) is 19.9. The molecular weight excluding hydrogens is 372 g/mol. The Bertz CT molecular complexity index is 769. The molecule has 28 heavy (non-hydrogen) atoms. The van der Waals surface area contributed by atoms with E-state index in [1.807, 2.05) is 31.2 Å². The van der Waals surface area contributed by atoms with Gasteiger partial charge in [-0.25, -0.2) is 0 Å². The molecule has 1 heterocycles. The van der Waals surface area contributed by atoms with E-state index in [0.29, 0.717) is 11.8 Å². The molecule has 152 valence electrons. The van der Waals surface area contributed by atoms with Crippen molar-refractivity contribution in [1.82, 2.24) is 20.1 Å². The molecule has 0 unspecified atom stereocenters. The minimum atomic E-state index is 0.0449. The molecule has 1 N–H and O–H groups in total. The summed E-state index contributed by atoms with van der Waals surface area (Å²) in [5.74, 6) is 2.10. The Morgan fingerprint density at radius 1 is 1.25 bits per heavy atom. The maximum Gasteiger partial charge on any atom is 0.230 e. The SMILES string of the molecule is CC[C@H](C)NC(=O)CSc1nnc(-c2ccc(OC)cc2)n1C1CCCCC1. The summed E-state index contributed by atoms with van der Waals surface area (Å²) < 4.78 is 7.52. The van der Waals surface area contributed by atoms with E-state index in [9.17, 15) is 4.79 Å². The molecule has 1 amide bonds. The van der Waals surface area contributed by atoms with Crippen LogP contribution in [0.5, 0.6) is 5.75 Å². The molecular formula is C21H30N4O2S. The van der Waals surface area contributed by atoms with Gasteiger partial charge in [-0.1, -0.05) is 37.9 Å². The van der Waals surface area contributed by atoms with E-state index < -0.39 is 0 Å². The van der Waals surface area contributed by atoms with Gasteiger partial charge in [0.25, 0.3) is 0 Å². The van der Waals surface area contributed by atoms with Crippen LogP contribution in [-0.4, -0.2) is 39.6 Å². The van der Waals surface area contributed by atoms with Gasteiger partial charge in [-0.15, -0.1) is 10.2 Å². The average molecular weight is 403 g/mol. The standard InChI is InChI=1S/C21H30N4O2S/c1-4-15(2)22-19(26)14-28-21-24-23-20(16-10-12-18(27-3)13-11-16)25(21)17-8-6-5-7-9-17/h10-13,15,17H,4-9,14H2,1-3H3,(H,22,26)/t15-/m0/s1. The number of rotatable bonds is 8. The maximum atomic E-state index is 12.2. The Kier molecular flexibility index (Phi) is 7.36. The topological polar surface area (TPSA) is 69.0 Å². The molecule has 6 nitrogen and oxygen atoms in total. The van der Waals surface area contributed by atoms with Crippen LogP contribution < -0.4 is 10.1 Å². The number of carbonyl (C=O) groups is 1. The van der Waals surface area contributed by atoms with Gasteiger partial charge in [0.05, 0.1) is 12.9 Å². The number of hydrogen-bond acceptors (Lipinski definition) is 5. The van der Waals surface area contributed by atoms with E-state index in [-0.39, 0.29) is 11.9 Å². The second kappa shape index (κ2) is 9.96. The molecule has 0 saturated heterocycles. The highest BCUT2D eigenvalue weighted by molar-refractivity contribution is 7.99. The smallest absolute Gasteiger partial charge is 0.230 e. The van der Waals surface area contributed by atoms with E-state index in [1.54, 1.807) is 7.11 Å². The number of hydrogen-bond donors (Lipinski definition) is 1. The van der Waals surface area contributed by atoms with Crippen LogP contribution in [0, 0.1) is 0 Å². The number of nitrogens with zero attached hydrogens (tertiary/aromatic N) is 3. The number of ether oxygens (including phenoxy) is 1. The van der Waals surface area contributed by atoms with E-state index in [0.717, 1.165) is 41.6 Å². The van der Waals surface area contributed by atoms with Crippen molar-refractivity contribution in [3.8, 4) is 17.1 Å². The van der Waals surface area contributed by atoms with E-state index in [2.05, 4.69) is 27.0 Å². The quantitative estimate of drug-likeness (QED) is 0.660. The summed E-state index contributed by atoms with van der Waals surface area (Å²) in [5, 5.41) is 12.8. The summed E-state index contributed by atoms with van der Waals surface area (Å²) in [6.45, 7) is 4.09. The molecule has 0 bridgehead atoms. The molecule has 0 aliphatic heterocycles. The molecule has 2 aromatic rings. The predicted molar refractivity (Wildman–Crippen MR) is 113 cm³/mol. The van der Waals surface area contributed by atoms with Crippen LogP contribution in [0.4, 0.5) is 0 Å². The van der Waals surface area contributed by atoms with Gasteiger partial charge in [0.2, 0.25) is 5.91 Å². The summed E-state index contributed by atoms with van der Waals surface area (Å²) in [6, 6.07) is 8.52. The lowest BCUT2D eigenvalue weighted by molar-refractivity contribution is -0.119. The van der Waals surface area contributed by atoms with Crippen molar-refractivity contribution in [2.24, 2.45) is 0 Å². The second-order valence-corrected chi connectivity index (χ2v) is 8.30. The predicted octanol–water partition coefficient (Wildman–Crippen LogP) is 4.47. The van der Waals surface area contributed by atoms with E-state index >= 15 is 0 Å². The monoisotopic (exact) mass is 402 g/mol. The van der Waals surface area contributed by atoms with Crippen LogP contribution in [0.1, 0.15) is 58.4 Å². The maximum absolute atomic E-state index is 12.2. The number of carbonyl (C=O) groups excluding carboxylic acids is 1. The first-order valence-corrected chi connectivity index (χ1v) is 11.1. The molecule has 1 aliphatic rings. The van der Waals surface area contributed by atoms with Gasteiger partial charge in [-0.3, -0.25) is 9.36 Å². The Labute approximate surface area is 171 Å². The lowest BCUT2D eigenvalue weighted by atomic mass is 9.95. The first kappa shape index (κ1) is 20.7. The van der Waals surface area contributed by atoms with E-state index in [1.165, 1.54) is 31.0 Å². The highest BCUT2D eigenvalue weighted by Crippen LogP contribution is 2.35. The molecule has 1 aromatic heterocycles. The van der Waals surface area contributed by atoms with Crippen LogP contribution >= 0.6 is 11.8 Å². The van der Waals surface area contributed by atoms with Gasteiger partial charge in [-0.05, 0) is 50.5 Å². The Morgan fingerprint density at radius 3 is 2.61 bits per heavy atom. The second-order valence-electron chi connectivity index (χ2n) is 7.36. The van der Waals surface area contributed by atoms with E-state index in [4.69, 9.17) is 4.74 Å². The summed E-state index contributed by atoms with van der Waals surface area (Å²) in [6.07, 6.45) is 6.93. The van der Waals surface area contributed by atoms with Crippen molar-refractivity contribution in [2.75, 3.05) is 12.9 Å². The molecule has 0 spiro atoms. The normalized spacial score (nSPS) is 16.0. The zero-order valence-corrected chi connectivity index (χ0v) is 17.8. The third-order valence-electron chi connectivity index (χ3n) is 5.30. The first-order valence-electron chi connectivity index (χ1n) is 10.1. The molecule has 7 heteroatoms. The highest BCUT2D eigenvalue weighted by atomic mass is 32.2. The number of benzene rings is 1.